The lowest BCUT2D eigenvalue weighted by molar-refractivity contribution is 0.0695. The SMILES string of the molecule is CCCCOc1c(N)ccc(C(=O)O)c1CCN(CC)CC.Cl. The highest BCUT2D eigenvalue weighted by Gasteiger charge is 2.18. The highest BCUT2D eigenvalue weighted by Crippen LogP contribution is 2.30. The molecule has 0 saturated carbocycles. The number of hydrogen-bond donors (Lipinski definition) is 2. The number of anilines is 1. The second kappa shape index (κ2) is 11.1. The molecule has 5 nitrogen and oxygen atoms in total. The second-order valence-electron chi connectivity index (χ2n) is 5.29. The number of carboxylic acids is 1. The van der Waals surface area contributed by atoms with Crippen LogP contribution < -0.4 is 10.5 Å². The Labute approximate surface area is 145 Å². The largest absolute Gasteiger partial charge is 0.491 e. The standard InChI is InChI=1S/C17H28N2O3.ClH/c1-4-7-12-22-16-13(10-11-19(5-2)6-3)14(17(20)21)8-9-15(16)18;/h8-9H,4-7,10-12,18H2,1-3H3,(H,20,21);1H. The number of unbranched alkanes of at least 4 members (excludes halogenated alkanes) is 1. The minimum atomic E-state index is -0.935. The van der Waals surface area contributed by atoms with Crippen molar-refractivity contribution in [3.05, 3.63) is 23.3 Å². The topological polar surface area (TPSA) is 75.8 Å². The van der Waals surface area contributed by atoms with Gasteiger partial charge in [0.1, 0.15) is 5.75 Å². The van der Waals surface area contributed by atoms with E-state index in [1.807, 2.05) is 0 Å². The Morgan fingerprint density at radius 2 is 1.91 bits per heavy atom. The van der Waals surface area contributed by atoms with Crippen LogP contribution >= 0.6 is 12.4 Å². The van der Waals surface area contributed by atoms with Crippen molar-refractivity contribution < 1.29 is 14.6 Å². The molecule has 1 rings (SSSR count). The van der Waals surface area contributed by atoms with Crippen LogP contribution in [0.3, 0.4) is 0 Å². The van der Waals surface area contributed by atoms with Crippen LogP contribution in [-0.4, -0.2) is 42.2 Å². The van der Waals surface area contributed by atoms with Crippen LogP contribution in [0.5, 0.6) is 5.75 Å². The van der Waals surface area contributed by atoms with E-state index in [0.29, 0.717) is 30.0 Å². The lowest BCUT2D eigenvalue weighted by Gasteiger charge is -2.21. The van der Waals surface area contributed by atoms with Crippen LogP contribution in [0.25, 0.3) is 0 Å². The molecule has 132 valence electrons. The molecule has 0 spiro atoms. The van der Waals surface area contributed by atoms with Gasteiger partial charge in [0.2, 0.25) is 0 Å². The molecule has 0 aliphatic carbocycles. The molecular formula is C17H29ClN2O3. The average Bonchev–Trinajstić information content (AvgIpc) is 2.50. The van der Waals surface area contributed by atoms with E-state index in [1.165, 1.54) is 0 Å². The Balaban J connectivity index is 0.00000484. The van der Waals surface area contributed by atoms with Crippen molar-refractivity contribution in [2.75, 3.05) is 32.0 Å². The van der Waals surface area contributed by atoms with Gasteiger partial charge < -0.3 is 20.5 Å². The number of nitrogen functional groups attached to an aromatic ring is 1. The summed E-state index contributed by atoms with van der Waals surface area (Å²) in [6.45, 7) is 9.50. The fourth-order valence-electron chi connectivity index (χ4n) is 2.39. The van der Waals surface area contributed by atoms with Crippen LogP contribution in [0.1, 0.15) is 49.5 Å². The molecule has 0 aromatic heterocycles. The van der Waals surface area contributed by atoms with E-state index in [4.69, 9.17) is 10.5 Å². The molecule has 0 radical (unpaired) electrons. The molecule has 0 unspecified atom stereocenters. The molecule has 0 fully saturated rings. The minimum Gasteiger partial charge on any atom is -0.491 e. The first-order valence-electron chi connectivity index (χ1n) is 8.04. The molecule has 0 atom stereocenters. The summed E-state index contributed by atoms with van der Waals surface area (Å²) in [6.07, 6.45) is 2.56. The number of nitrogens with two attached hydrogens (primary N) is 1. The molecule has 0 aliphatic heterocycles. The number of ether oxygens (including phenoxy) is 1. The number of likely N-dealkylation sites (N-methyl/N-ethyl adjacent to an activating group) is 1. The number of carbonyl (C=O) groups is 1. The van der Waals surface area contributed by atoms with Crippen LogP contribution in [-0.2, 0) is 6.42 Å². The number of aromatic carboxylic acids is 1. The van der Waals surface area contributed by atoms with Gasteiger partial charge in [0.05, 0.1) is 17.9 Å². The summed E-state index contributed by atoms with van der Waals surface area (Å²) in [7, 11) is 0. The highest BCUT2D eigenvalue weighted by molar-refractivity contribution is 5.91. The number of carboxylic acid groups (broad SMARTS) is 1. The van der Waals surface area contributed by atoms with Gasteiger partial charge in [-0.15, -0.1) is 12.4 Å². The average molecular weight is 345 g/mol. The summed E-state index contributed by atoms with van der Waals surface area (Å²) in [4.78, 5) is 13.7. The molecule has 6 heteroatoms. The molecule has 1 aromatic rings. The van der Waals surface area contributed by atoms with E-state index >= 15 is 0 Å². The zero-order chi connectivity index (χ0) is 16.5. The summed E-state index contributed by atoms with van der Waals surface area (Å²) in [6, 6.07) is 3.19. The number of nitrogens with zero attached hydrogens (tertiary/aromatic N) is 1. The van der Waals surface area contributed by atoms with Crippen LogP contribution in [0.4, 0.5) is 5.69 Å². The van der Waals surface area contributed by atoms with Crippen LogP contribution in [0.15, 0.2) is 12.1 Å². The summed E-state index contributed by atoms with van der Waals surface area (Å²) in [5.74, 6) is -0.393. The fourth-order valence-corrected chi connectivity index (χ4v) is 2.39. The van der Waals surface area contributed by atoms with E-state index in [2.05, 4.69) is 25.7 Å². The number of hydrogen-bond acceptors (Lipinski definition) is 4. The Morgan fingerprint density at radius 3 is 2.43 bits per heavy atom. The smallest absolute Gasteiger partial charge is 0.336 e. The molecular weight excluding hydrogens is 316 g/mol. The third-order valence-corrected chi connectivity index (χ3v) is 3.84. The van der Waals surface area contributed by atoms with Crippen molar-refractivity contribution in [3.8, 4) is 5.75 Å². The maximum atomic E-state index is 11.5. The third-order valence-electron chi connectivity index (χ3n) is 3.84. The Kier molecular flexibility index (Phi) is 10.4. The van der Waals surface area contributed by atoms with Crippen LogP contribution in [0, 0.1) is 0 Å². The van der Waals surface area contributed by atoms with Crippen molar-refractivity contribution in [3.63, 3.8) is 0 Å². The van der Waals surface area contributed by atoms with Gasteiger partial charge in [-0.1, -0.05) is 27.2 Å². The van der Waals surface area contributed by atoms with Crippen molar-refractivity contribution >= 4 is 24.1 Å². The predicted molar refractivity (Wildman–Crippen MR) is 97.0 cm³/mol. The van der Waals surface area contributed by atoms with Gasteiger partial charge in [0.25, 0.3) is 0 Å². The van der Waals surface area contributed by atoms with Crippen molar-refractivity contribution in [1.29, 1.82) is 0 Å². The van der Waals surface area contributed by atoms with E-state index in [9.17, 15) is 9.90 Å². The second-order valence-corrected chi connectivity index (χ2v) is 5.29. The lowest BCUT2D eigenvalue weighted by Crippen LogP contribution is -2.26. The summed E-state index contributed by atoms with van der Waals surface area (Å²) in [5.41, 5.74) is 7.51. The van der Waals surface area contributed by atoms with Crippen molar-refractivity contribution in [1.82, 2.24) is 4.90 Å². The number of rotatable bonds is 10. The normalized spacial score (nSPS) is 10.4. The number of halogens is 1. The van der Waals surface area contributed by atoms with Gasteiger partial charge in [-0.3, -0.25) is 0 Å². The van der Waals surface area contributed by atoms with E-state index in [-0.39, 0.29) is 18.0 Å². The maximum absolute atomic E-state index is 11.5. The molecule has 1 aromatic carbocycles. The Bertz CT molecular complexity index is 491. The summed E-state index contributed by atoms with van der Waals surface area (Å²) in [5, 5.41) is 9.42. The molecule has 23 heavy (non-hydrogen) atoms. The molecule has 0 bridgehead atoms. The zero-order valence-corrected chi connectivity index (χ0v) is 15.1. The van der Waals surface area contributed by atoms with Gasteiger partial charge in [0, 0.05) is 12.1 Å². The van der Waals surface area contributed by atoms with Gasteiger partial charge in [-0.2, -0.15) is 0 Å². The molecule has 0 saturated heterocycles. The highest BCUT2D eigenvalue weighted by atomic mass is 35.5. The van der Waals surface area contributed by atoms with Gasteiger partial charge in [0.15, 0.2) is 0 Å². The Morgan fingerprint density at radius 1 is 1.26 bits per heavy atom. The van der Waals surface area contributed by atoms with E-state index in [0.717, 1.165) is 32.5 Å². The minimum absolute atomic E-state index is 0. The molecule has 0 aliphatic rings. The number of benzene rings is 1. The predicted octanol–water partition coefficient (Wildman–Crippen LogP) is 3.45. The summed E-state index contributed by atoms with van der Waals surface area (Å²) < 4.78 is 5.79. The quantitative estimate of drug-likeness (QED) is 0.502. The van der Waals surface area contributed by atoms with Gasteiger partial charge in [-0.05, 0) is 38.1 Å². The first kappa shape index (κ1) is 21.5. The first-order valence-corrected chi connectivity index (χ1v) is 8.04. The van der Waals surface area contributed by atoms with Crippen molar-refractivity contribution in [2.45, 2.75) is 40.0 Å². The maximum Gasteiger partial charge on any atom is 0.336 e. The Hall–Kier alpha value is -1.46. The van der Waals surface area contributed by atoms with E-state index in [1.54, 1.807) is 12.1 Å². The van der Waals surface area contributed by atoms with Crippen LogP contribution in [0.2, 0.25) is 0 Å². The monoisotopic (exact) mass is 344 g/mol. The third kappa shape index (κ3) is 6.28. The fraction of sp³-hybridized carbons (Fsp3) is 0.588. The molecule has 3 N–H and O–H groups in total. The molecule has 0 heterocycles. The first-order chi connectivity index (χ1) is 10.5. The lowest BCUT2D eigenvalue weighted by atomic mass is 10.0. The van der Waals surface area contributed by atoms with Crippen molar-refractivity contribution in [2.24, 2.45) is 0 Å². The molecule has 0 amide bonds. The zero-order valence-electron chi connectivity index (χ0n) is 14.3. The van der Waals surface area contributed by atoms with E-state index < -0.39 is 5.97 Å². The van der Waals surface area contributed by atoms with Gasteiger partial charge in [-0.25, -0.2) is 4.79 Å². The van der Waals surface area contributed by atoms with Gasteiger partial charge >= 0.3 is 5.97 Å². The summed E-state index contributed by atoms with van der Waals surface area (Å²) >= 11 is 0.